The number of carbonyl (C=O) groups excluding carboxylic acids is 6. The number of carbonyl (C=O) groups is 8. The van der Waals surface area contributed by atoms with E-state index in [4.69, 9.17) is 28.8 Å². The molecule has 2 aromatic carbocycles. The van der Waals surface area contributed by atoms with Crippen molar-refractivity contribution >= 4 is 75.8 Å². The van der Waals surface area contributed by atoms with Gasteiger partial charge in [-0.2, -0.15) is 0 Å². The fourth-order valence-corrected chi connectivity index (χ4v) is 7.32. The molecule has 0 saturated carbocycles. The van der Waals surface area contributed by atoms with Crippen molar-refractivity contribution in [1.29, 1.82) is 0 Å². The number of nitrogens with zero attached hydrogens (tertiary/aromatic N) is 4. The Morgan fingerprint density at radius 1 is 0.779 bits per heavy atom. The highest BCUT2D eigenvalue weighted by molar-refractivity contribution is 6.18. The molecule has 0 aliphatic heterocycles. The molecule has 2 aromatic heterocycles. The number of nitrogens with two attached hydrogens (primary N) is 3. The van der Waals surface area contributed by atoms with E-state index in [0.29, 0.717) is 16.1 Å². The van der Waals surface area contributed by atoms with Gasteiger partial charge in [-0.05, 0) is 30.0 Å². The van der Waals surface area contributed by atoms with Crippen molar-refractivity contribution in [3.8, 4) is 0 Å². The molecule has 0 aliphatic carbocycles. The van der Waals surface area contributed by atoms with E-state index in [1.807, 2.05) is 0 Å². The molecule has 68 heavy (non-hydrogen) atoms. The van der Waals surface area contributed by atoms with Crippen molar-refractivity contribution in [3.05, 3.63) is 95.0 Å². The molecular formula is C42H53ClN14O11. The van der Waals surface area contributed by atoms with Gasteiger partial charge < -0.3 is 64.0 Å². The number of alkyl halides is 1. The first kappa shape index (κ1) is 52.5. The van der Waals surface area contributed by atoms with Crippen LogP contribution in [0, 0.1) is 4.91 Å². The second-order valence-electron chi connectivity index (χ2n) is 15.3. The second kappa shape index (κ2) is 25.6. The number of para-hydroxylation sites is 1. The number of H-pyrrole nitrogens is 2. The first-order chi connectivity index (χ1) is 32.5. The topological polar surface area (TPSA) is 405 Å². The van der Waals surface area contributed by atoms with Gasteiger partial charge in [0.25, 0.3) is 11.8 Å². The number of imidazole rings is 1. The van der Waals surface area contributed by atoms with Gasteiger partial charge in [-0.1, -0.05) is 48.5 Å². The quantitative estimate of drug-likeness (QED) is 0.00556. The van der Waals surface area contributed by atoms with Gasteiger partial charge in [0.2, 0.25) is 29.2 Å². The molecule has 2 heterocycles. The first-order valence-electron chi connectivity index (χ1n) is 21.0. The van der Waals surface area contributed by atoms with Gasteiger partial charge in [0.15, 0.2) is 5.96 Å². The summed E-state index contributed by atoms with van der Waals surface area (Å²) in [7, 11) is 0. The van der Waals surface area contributed by atoms with Crippen molar-refractivity contribution in [2.45, 2.75) is 74.7 Å². The zero-order valence-corrected chi connectivity index (χ0v) is 37.2. The van der Waals surface area contributed by atoms with Crippen LogP contribution in [0.5, 0.6) is 0 Å². The molecule has 4 aromatic rings. The highest BCUT2D eigenvalue weighted by atomic mass is 35.5. The van der Waals surface area contributed by atoms with Crippen LogP contribution in [0.25, 0.3) is 10.9 Å². The Balaban J connectivity index is 1.70. The number of carboxylic acids is 2. The van der Waals surface area contributed by atoms with Crippen molar-refractivity contribution in [3.63, 3.8) is 0 Å². The number of hydrogen-bond acceptors (Lipinski definition) is 12. The highest BCUT2D eigenvalue weighted by Crippen LogP contribution is 2.25. The lowest BCUT2D eigenvalue weighted by Gasteiger charge is -2.36. The molecule has 15 N–H and O–H groups in total. The van der Waals surface area contributed by atoms with Crippen LogP contribution in [-0.2, 0) is 57.6 Å². The number of aromatic nitrogens is 3. The van der Waals surface area contributed by atoms with E-state index in [1.165, 1.54) is 12.5 Å². The minimum atomic E-state index is -2.75. The summed E-state index contributed by atoms with van der Waals surface area (Å²) in [4.78, 5) is 133. The van der Waals surface area contributed by atoms with E-state index in [2.05, 4.69) is 51.8 Å². The summed E-state index contributed by atoms with van der Waals surface area (Å²) < 4.78 is 0. The molecule has 0 aliphatic rings. The number of hydrogen-bond donors (Lipinski definition) is 12. The number of fused-ring (bicyclic) bond motifs is 1. The molecule has 5 atom stereocenters. The number of primary amides is 1. The Labute approximate surface area is 392 Å². The summed E-state index contributed by atoms with van der Waals surface area (Å²) in [5.74, 6) is -9.93. The Morgan fingerprint density at radius 3 is 2.01 bits per heavy atom. The van der Waals surface area contributed by atoms with Crippen LogP contribution in [0.4, 0.5) is 0 Å². The lowest BCUT2D eigenvalue weighted by atomic mass is 9.89. The number of aliphatic imine (C=N–C) groups is 1. The van der Waals surface area contributed by atoms with Crippen molar-refractivity contribution in [2.24, 2.45) is 27.5 Å². The molecule has 0 bridgehead atoms. The average molecular weight is 965 g/mol. The Morgan fingerprint density at radius 2 is 1.41 bits per heavy atom. The number of nitroso groups, excluding NO2 is 1. The fourth-order valence-electron chi connectivity index (χ4n) is 7.16. The highest BCUT2D eigenvalue weighted by Gasteiger charge is 2.52. The lowest BCUT2D eigenvalue weighted by molar-refractivity contribution is -0.149. The zero-order valence-electron chi connectivity index (χ0n) is 36.5. The minimum absolute atomic E-state index is 0.0141. The van der Waals surface area contributed by atoms with Crippen LogP contribution < -0.4 is 43.8 Å². The number of carboxylic acid groups (broad SMARTS) is 2. The summed E-state index contributed by atoms with van der Waals surface area (Å²) in [5, 5.41) is 35.2. The Bertz CT molecular complexity index is 2430. The summed E-state index contributed by atoms with van der Waals surface area (Å²) in [5.41, 5.74) is 16.1. The molecule has 25 nitrogen and oxygen atoms in total. The lowest BCUT2D eigenvalue weighted by Crippen LogP contribution is -2.67. The van der Waals surface area contributed by atoms with E-state index in [1.54, 1.807) is 60.8 Å². The molecule has 0 spiro atoms. The smallest absolute Gasteiger partial charge is 0.322 e. The van der Waals surface area contributed by atoms with Crippen LogP contribution >= 0.6 is 11.6 Å². The standard InChI is InChI=1S/C42H53ClN14O11/c43-14-16-57(56-68)42(39(44)66,13-12-33(58)59)40(67)55-32(19-26-21-47-23-51-26)38(65)53-30(17-24-7-2-1-3-8-24)37(64)52-29(11-6-15-48-41(45)46)36(63)54-31(35(62)50-22-34(60)61)18-25-20-49-28-10-5-4-9-27(25)28/h1-5,7-10,20-21,23,29-32,49H,6,11-19,22H2,(H2,44,66)(H,47,51)(H,50,62)(H,52,64)(H,53,65)(H,54,63)(H,55,67)(H,58,59)(H,60,61)(H4,45,46,48)/t29-,30-,31-,32-,42+/m0/s1. The van der Waals surface area contributed by atoms with Gasteiger partial charge in [0.1, 0.15) is 30.7 Å². The van der Waals surface area contributed by atoms with Crippen molar-refractivity contribution < 1.29 is 48.6 Å². The molecule has 0 unspecified atom stereocenters. The maximum absolute atomic E-state index is 14.5. The summed E-state index contributed by atoms with van der Waals surface area (Å²) in [6.45, 7) is -1.28. The number of aliphatic carboxylic acids is 2. The molecular weight excluding hydrogens is 912 g/mol. The number of benzene rings is 2. The summed E-state index contributed by atoms with van der Waals surface area (Å²) in [6.07, 6.45) is 1.84. The van der Waals surface area contributed by atoms with Crippen molar-refractivity contribution in [1.82, 2.24) is 46.5 Å². The number of aromatic amines is 2. The number of halogens is 1. The van der Waals surface area contributed by atoms with E-state index in [0.717, 1.165) is 10.9 Å². The number of rotatable bonds is 29. The van der Waals surface area contributed by atoms with Crippen LogP contribution in [0.2, 0.25) is 0 Å². The molecule has 6 amide bonds. The maximum atomic E-state index is 14.5. The predicted molar refractivity (Wildman–Crippen MR) is 245 cm³/mol. The number of guanidine groups is 1. The molecule has 0 saturated heterocycles. The minimum Gasteiger partial charge on any atom is -0.481 e. The molecule has 364 valence electrons. The van der Waals surface area contributed by atoms with Gasteiger partial charge in [0, 0.05) is 73.5 Å². The third-order valence-corrected chi connectivity index (χ3v) is 10.7. The van der Waals surface area contributed by atoms with Crippen LogP contribution in [0.15, 0.2) is 83.6 Å². The van der Waals surface area contributed by atoms with E-state index in [9.17, 15) is 53.5 Å². The average Bonchev–Trinajstić information content (AvgIpc) is 3.98. The zero-order chi connectivity index (χ0) is 49.8. The maximum Gasteiger partial charge on any atom is 0.322 e. The fraction of sp³-hybridized carbons (Fsp3) is 0.381. The van der Waals surface area contributed by atoms with Gasteiger partial charge in [-0.15, -0.1) is 16.5 Å². The monoisotopic (exact) mass is 964 g/mol. The van der Waals surface area contributed by atoms with Crippen LogP contribution in [0.3, 0.4) is 0 Å². The summed E-state index contributed by atoms with van der Waals surface area (Å²) >= 11 is 5.84. The molecule has 0 radical (unpaired) electrons. The van der Waals surface area contributed by atoms with Crippen molar-refractivity contribution in [2.75, 3.05) is 25.5 Å². The van der Waals surface area contributed by atoms with Crippen LogP contribution in [0.1, 0.15) is 42.5 Å². The van der Waals surface area contributed by atoms with Gasteiger partial charge in [-0.25, -0.2) is 9.99 Å². The van der Waals surface area contributed by atoms with Gasteiger partial charge in [0.05, 0.1) is 18.2 Å². The third-order valence-electron chi connectivity index (χ3n) is 10.6. The largest absolute Gasteiger partial charge is 0.481 e. The Hall–Kier alpha value is -8.09. The van der Waals surface area contributed by atoms with E-state index >= 15 is 0 Å². The van der Waals surface area contributed by atoms with E-state index in [-0.39, 0.29) is 56.2 Å². The first-order valence-corrected chi connectivity index (χ1v) is 21.5. The normalized spacial score (nSPS) is 13.5. The molecule has 4 rings (SSSR count). The number of amides is 6. The molecule has 0 fully saturated rings. The SMILES string of the molecule is NC(=O)[C@](CCC(=O)O)(C(=O)N[C@@H](Cc1cnc[nH]1)C(=O)N[C@@H](Cc1ccccc1)C(=O)N[C@@H](CCCN=C(N)N)C(=O)N[C@@H](Cc1c[nH]c2ccccc12)C(=O)NCC(=O)O)N(CCCl)N=O. The van der Waals surface area contributed by atoms with Gasteiger partial charge >= 0.3 is 11.9 Å². The van der Waals surface area contributed by atoms with Gasteiger partial charge in [-0.3, -0.25) is 43.3 Å². The predicted octanol–water partition coefficient (Wildman–Crippen LogP) is -1.58. The van der Waals surface area contributed by atoms with Crippen LogP contribution in [-0.4, -0.2) is 139 Å². The third kappa shape index (κ3) is 15.0. The molecule has 26 heteroatoms. The number of nitrogens with one attached hydrogen (secondary N) is 7. The Kier molecular flexibility index (Phi) is 19.7. The van der Waals surface area contributed by atoms with E-state index < -0.39 is 103 Å². The second-order valence-corrected chi connectivity index (χ2v) is 15.7. The summed E-state index contributed by atoms with van der Waals surface area (Å²) in [6, 6.07) is 9.53.